The van der Waals surface area contributed by atoms with Gasteiger partial charge in [0.1, 0.15) is 0 Å². The Balaban J connectivity index is 2.09. The topological polar surface area (TPSA) is 99.6 Å². The van der Waals surface area contributed by atoms with E-state index in [0.717, 1.165) is 5.56 Å². The highest BCUT2D eigenvalue weighted by molar-refractivity contribution is 5.81. The minimum Gasteiger partial charge on any atom is -0.504 e. The standard InChI is InChI=1S/C12H12N4O3/c1-19-10-6-8(2-3-9(10)17)7-14-16-12-13-5-4-11(18)15-12/h2-7,17H,1H3,(H2,13,15,16,18). The second-order valence-corrected chi connectivity index (χ2v) is 3.58. The molecule has 0 amide bonds. The van der Waals surface area contributed by atoms with E-state index in [-0.39, 0.29) is 17.3 Å². The molecule has 0 saturated heterocycles. The van der Waals surface area contributed by atoms with Crippen molar-refractivity contribution >= 4 is 12.2 Å². The molecule has 7 nitrogen and oxygen atoms in total. The Hall–Kier alpha value is -2.83. The van der Waals surface area contributed by atoms with Crippen molar-refractivity contribution < 1.29 is 9.84 Å². The summed E-state index contributed by atoms with van der Waals surface area (Å²) in [5.74, 6) is 0.659. The molecule has 2 rings (SSSR count). The third kappa shape index (κ3) is 3.32. The third-order valence-corrected chi connectivity index (χ3v) is 2.26. The van der Waals surface area contributed by atoms with Crippen LogP contribution in [0.3, 0.4) is 0 Å². The summed E-state index contributed by atoms with van der Waals surface area (Å²) in [6, 6.07) is 6.11. The Morgan fingerprint density at radius 2 is 2.32 bits per heavy atom. The predicted octanol–water partition coefficient (Wildman–Crippen LogP) is 0.930. The summed E-state index contributed by atoms with van der Waals surface area (Å²) in [5.41, 5.74) is 3.04. The Kier molecular flexibility index (Phi) is 3.77. The number of hydrazone groups is 1. The number of methoxy groups -OCH3 is 1. The summed E-state index contributed by atoms with van der Waals surface area (Å²) < 4.78 is 4.97. The molecule has 1 aromatic heterocycles. The molecule has 0 radical (unpaired) electrons. The van der Waals surface area contributed by atoms with E-state index in [0.29, 0.717) is 5.75 Å². The van der Waals surface area contributed by atoms with Gasteiger partial charge in [0.2, 0.25) is 5.95 Å². The van der Waals surface area contributed by atoms with Crippen LogP contribution in [0, 0.1) is 0 Å². The number of nitrogens with one attached hydrogen (secondary N) is 2. The fraction of sp³-hybridized carbons (Fsp3) is 0.0833. The number of hydrogen-bond donors (Lipinski definition) is 3. The smallest absolute Gasteiger partial charge is 0.252 e. The van der Waals surface area contributed by atoms with Crippen LogP contribution in [0.25, 0.3) is 0 Å². The van der Waals surface area contributed by atoms with Crippen LogP contribution in [-0.4, -0.2) is 28.4 Å². The molecule has 19 heavy (non-hydrogen) atoms. The van der Waals surface area contributed by atoms with Crippen molar-refractivity contribution in [3.05, 3.63) is 46.4 Å². The fourth-order valence-electron chi connectivity index (χ4n) is 1.37. The third-order valence-electron chi connectivity index (χ3n) is 2.26. The van der Waals surface area contributed by atoms with Gasteiger partial charge in [-0.05, 0) is 23.8 Å². The number of aromatic nitrogens is 2. The molecule has 98 valence electrons. The van der Waals surface area contributed by atoms with Gasteiger partial charge < -0.3 is 9.84 Å². The van der Waals surface area contributed by atoms with Crippen LogP contribution in [0.1, 0.15) is 5.56 Å². The molecule has 2 aromatic rings. The lowest BCUT2D eigenvalue weighted by molar-refractivity contribution is 0.373. The summed E-state index contributed by atoms with van der Waals surface area (Å²) in [4.78, 5) is 17.4. The quantitative estimate of drug-likeness (QED) is 0.561. The summed E-state index contributed by atoms with van der Waals surface area (Å²) in [6.45, 7) is 0. The number of phenols is 1. The molecule has 0 aliphatic carbocycles. The summed E-state index contributed by atoms with van der Waals surface area (Å²) >= 11 is 0. The SMILES string of the molecule is COc1cc(C=NNc2nccc(=O)[nH]2)ccc1O. The number of H-pyrrole nitrogens is 1. The van der Waals surface area contributed by atoms with E-state index >= 15 is 0 Å². The van der Waals surface area contributed by atoms with Gasteiger partial charge in [0.25, 0.3) is 5.56 Å². The zero-order chi connectivity index (χ0) is 13.7. The monoisotopic (exact) mass is 260 g/mol. The molecule has 0 bridgehead atoms. The van der Waals surface area contributed by atoms with Gasteiger partial charge in [-0.1, -0.05) is 0 Å². The summed E-state index contributed by atoms with van der Waals surface area (Å²) in [5, 5.41) is 13.3. The number of benzene rings is 1. The van der Waals surface area contributed by atoms with Crippen molar-refractivity contribution in [2.75, 3.05) is 12.5 Å². The van der Waals surface area contributed by atoms with Crippen LogP contribution in [-0.2, 0) is 0 Å². The number of aromatic hydroxyl groups is 1. The van der Waals surface area contributed by atoms with Crippen molar-refractivity contribution in [1.29, 1.82) is 0 Å². The Bertz CT molecular complexity index is 651. The van der Waals surface area contributed by atoms with Gasteiger partial charge in [-0.15, -0.1) is 0 Å². The Morgan fingerprint density at radius 3 is 3.05 bits per heavy atom. The number of nitrogens with zero attached hydrogens (tertiary/aromatic N) is 2. The van der Waals surface area contributed by atoms with Gasteiger partial charge in [-0.3, -0.25) is 9.78 Å². The minimum atomic E-state index is -0.265. The molecular formula is C12H12N4O3. The van der Waals surface area contributed by atoms with Gasteiger partial charge in [-0.25, -0.2) is 10.4 Å². The second-order valence-electron chi connectivity index (χ2n) is 3.58. The lowest BCUT2D eigenvalue weighted by Gasteiger charge is -2.03. The molecule has 0 unspecified atom stereocenters. The number of hydrogen-bond acceptors (Lipinski definition) is 6. The van der Waals surface area contributed by atoms with E-state index in [2.05, 4.69) is 20.5 Å². The van der Waals surface area contributed by atoms with E-state index < -0.39 is 0 Å². The molecule has 3 N–H and O–H groups in total. The first-order valence-corrected chi connectivity index (χ1v) is 5.40. The normalized spacial score (nSPS) is 10.6. The number of rotatable bonds is 4. The summed E-state index contributed by atoms with van der Waals surface area (Å²) in [6.07, 6.45) is 2.88. The highest BCUT2D eigenvalue weighted by Gasteiger charge is 2.00. The number of ether oxygens (including phenoxy) is 1. The van der Waals surface area contributed by atoms with E-state index in [1.165, 1.54) is 31.7 Å². The Labute approximate surface area is 108 Å². The second kappa shape index (κ2) is 5.67. The molecule has 0 atom stereocenters. The molecule has 7 heteroatoms. The maximum Gasteiger partial charge on any atom is 0.252 e. The number of aromatic amines is 1. The number of anilines is 1. The van der Waals surface area contributed by atoms with Gasteiger partial charge in [-0.2, -0.15) is 5.10 Å². The average Bonchev–Trinajstić information content (AvgIpc) is 2.41. The van der Waals surface area contributed by atoms with Crippen molar-refractivity contribution in [1.82, 2.24) is 9.97 Å². The van der Waals surface area contributed by atoms with Crippen LogP contribution in [0.5, 0.6) is 11.5 Å². The van der Waals surface area contributed by atoms with Crippen molar-refractivity contribution in [2.45, 2.75) is 0 Å². The molecule has 0 spiro atoms. The van der Waals surface area contributed by atoms with Gasteiger partial charge >= 0.3 is 0 Å². The zero-order valence-corrected chi connectivity index (χ0v) is 10.1. The van der Waals surface area contributed by atoms with Crippen molar-refractivity contribution in [2.24, 2.45) is 5.10 Å². The molecule has 0 fully saturated rings. The van der Waals surface area contributed by atoms with Gasteiger partial charge in [0.15, 0.2) is 11.5 Å². The molecule has 1 aromatic carbocycles. The van der Waals surface area contributed by atoms with Crippen LogP contribution in [0.15, 0.2) is 40.4 Å². The fourth-order valence-corrected chi connectivity index (χ4v) is 1.37. The first-order chi connectivity index (χ1) is 9.19. The van der Waals surface area contributed by atoms with E-state index in [9.17, 15) is 9.90 Å². The maximum absolute atomic E-state index is 11.0. The van der Waals surface area contributed by atoms with E-state index in [1.807, 2.05) is 0 Å². The first kappa shape index (κ1) is 12.6. The molecule has 0 aliphatic heterocycles. The minimum absolute atomic E-state index is 0.0571. The van der Waals surface area contributed by atoms with Crippen LogP contribution in [0.4, 0.5) is 5.95 Å². The zero-order valence-electron chi connectivity index (χ0n) is 10.1. The van der Waals surface area contributed by atoms with Crippen LogP contribution >= 0.6 is 0 Å². The van der Waals surface area contributed by atoms with E-state index in [4.69, 9.17) is 4.74 Å². The number of phenolic OH excluding ortho intramolecular Hbond substituents is 1. The largest absolute Gasteiger partial charge is 0.504 e. The van der Waals surface area contributed by atoms with Crippen LogP contribution < -0.4 is 15.7 Å². The van der Waals surface area contributed by atoms with Crippen LogP contribution in [0.2, 0.25) is 0 Å². The highest BCUT2D eigenvalue weighted by Crippen LogP contribution is 2.25. The average molecular weight is 260 g/mol. The molecule has 0 aliphatic rings. The van der Waals surface area contributed by atoms with Gasteiger partial charge in [0.05, 0.1) is 13.3 Å². The highest BCUT2D eigenvalue weighted by atomic mass is 16.5. The van der Waals surface area contributed by atoms with E-state index in [1.54, 1.807) is 12.1 Å². The molecule has 1 heterocycles. The molecular weight excluding hydrogens is 248 g/mol. The van der Waals surface area contributed by atoms with Gasteiger partial charge in [0, 0.05) is 12.3 Å². The van der Waals surface area contributed by atoms with Crippen molar-refractivity contribution in [3.8, 4) is 11.5 Å². The first-order valence-electron chi connectivity index (χ1n) is 5.40. The lowest BCUT2D eigenvalue weighted by atomic mass is 10.2. The Morgan fingerprint density at radius 1 is 1.47 bits per heavy atom. The lowest BCUT2D eigenvalue weighted by Crippen LogP contribution is -2.07. The van der Waals surface area contributed by atoms with Crippen molar-refractivity contribution in [3.63, 3.8) is 0 Å². The molecule has 0 saturated carbocycles. The predicted molar refractivity (Wildman–Crippen MR) is 70.7 cm³/mol. The maximum atomic E-state index is 11.0. The summed E-state index contributed by atoms with van der Waals surface area (Å²) in [7, 11) is 1.47.